The fourth-order valence-corrected chi connectivity index (χ4v) is 1.89. The molecular formula is C13H18FN5. The summed E-state index contributed by atoms with van der Waals surface area (Å²) in [5, 5.41) is 11.6. The minimum Gasteiger partial charge on any atom is -0.396 e. The Morgan fingerprint density at radius 1 is 1.37 bits per heavy atom. The molecule has 0 aliphatic rings. The third kappa shape index (κ3) is 3.27. The van der Waals surface area contributed by atoms with Gasteiger partial charge in [-0.15, -0.1) is 5.10 Å². The van der Waals surface area contributed by atoms with Crippen molar-refractivity contribution in [3.63, 3.8) is 0 Å². The minimum atomic E-state index is -0.428. The molecule has 0 atom stereocenters. The van der Waals surface area contributed by atoms with E-state index in [1.54, 1.807) is 16.8 Å². The van der Waals surface area contributed by atoms with Crippen molar-refractivity contribution in [1.82, 2.24) is 20.2 Å². The molecule has 0 unspecified atom stereocenters. The van der Waals surface area contributed by atoms with Crippen LogP contribution in [0.25, 0.3) is 11.4 Å². The van der Waals surface area contributed by atoms with E-state index in [9.17, 15) is 4.39 Å². The van der Waals surface area contributed by atoms with Crippen LogP contribution in [0.3, 0.4) is 0 Å². The average molecular weight is 263 g/mol. The number of hydrogen-bond donors (Lipinski definition) is 1. The van der Waals surface area contributed by atoms with Crippen molar-refractivity contribution in [1.29, 1.82) is 0 Å². The van der Waals surface area contributed by atoms with Gasteiger partial charge >= 0.3 is 0 Å². The maximum absolute atomic E-state index is 13.1. The molecule has 0 amide bonds. The topological polar surface area (TPSA) is 69.6 Å². The van der Waals surface area contributed by atoms with Crippen molar-refractivity contribution in [3.05, 3.63) is 24.0 Å². The fourth-order valence-electron chi connectivity index (χ4n) is 1.89. The number of aromatic nitrogens is 4. The molecule has 1 aromatic carbocycles. The van der Waals surface area contributed by atoms with E-state index in [4.69, 9.17) is 5.73 Å². The lowest BCUT2D eigenvalue weighted by Crippen LogP contribution is -2.04. The monoisotopic (exact) mass is 263 g/mol. The largest absolute Gasteiger partial charge is 0.396 e. The summed E-state index contributed by atoms with van der Waals surface area (Å²) in [7, 11) is 0. The molecule has 19 heavy (non-hydrogen) atoms. The van der Waals surface area contributed by atoms with Crippen LogP contribution in [-0.2, 0) is 6.54 Å². The minimum absolute atomic E-state index is 0.106. The van der Waals surface area contributed by atoms with Crippen LogP contribution in [0.2, 0.25) is 0 Å². The Morgan fingerprint density at radius 2 is 2.16 bits per heavy atom. The molecule has 5 nitrogen and oxygen atoms in total. The summed E-state index contributed by atoms with van der Waals surface area (Å²) >= 11 is 0. The SMILES string of the molecule is CC(C)CCCn1nnnc1-c1ccc(F)c(N)c1. The number of benzene rings is 1. The number of halogens is 1. The van der Waals surface area contributed by atoms with E-state index in [0.29, 0.717) is 11.7 Å². The average Bonchev–Trinajstić information content (AvgIpc) is 2.80. The highest BCUT2D eigenvalue weighted by atomic mass is 19.1. The van der Waals surface area contributed by atoms with E-state index < -0.39 is 5.82 Å². The van der Waals surface area contributed by atoms with Gasteiger partial charge in [-0.1, -0.05) is 13.8 Å². The van der Waals surface area contributed by atoms with Crippen LogP contribution in [0.5, 0.6) is 0 Å². The predicted octanol–water partition coefficient (Wildman–Crippen LogP) is 2.50. The third-order valence-corrected chi connectivity index (χ3v) is 2.94. The molecule has 0 radical (unpaired) electrons. The van der Waals surface area contributed by atoms with Gasteiger partial charge in [-0.25, -0.2) is 9.07 Å². The van der Waals surface area contributed by atoms with E-state index in [1.807, 2.05) is 0 Å². The van der Waals surface area contributed by atoms with Crippen LogP contribution in [-0.4, -0.2) is 20.2 Å². The van der Waals surface area contributed by atoms with Crippen LogP contribution in [0, 0.1) is 11.7 Å². The van der Waals surface area contributed by atoms with Crippen molar-refractivity contribution in [2.75, 3.05) is 5.73 Å². The number of tetrazole rings is 1. The Kier molecular flexibility index (Phi) is 4.09. The van der Waals surface area contributed by atoms with E-state index in [2.05, 4.69) is 29.4 Å². The third-order valence-electron chi connectivity index (χ3n) is 2.94. The fraction of sp³-hybridized carbons (Fsp3) is 0.462. The first-order valence-corrected chi connectivity index (χ1v) is 6.39. The predicted molar refractivity (Wildman–Crippen MR) is 71.7 cm³/mol. The zero-order valence-electron chi connectivity index (χ0n) is 11.2. The highest BCUT2D eigenvalue weighted by molar-refractivity contribution is 5.61. The zero-order chi connectivity index (χ0) is 13.8. The smallest absolute Gasteiger partial charge is 0.182 e. The molecule has 0 bridgehead atoms. The van der Waals surface area contributed by atoms with E-state index in [-0.39, 0.29) is 5.69 Å². The van der Waals surface area contributed by atoms with Crippen molar-refractivity contribution in [2.45, 2.75) is 33.2 Å². The number of nitrogens with two attached hydrogens (primary N) is 1. The van der Waals surface area contributed by atoms with Gasteiger partial charge in [0.15, 0.2) is 5.82 Å². The number of anilines is 1. The van der Waals surface area contributed by atoms with Crippen LogP contribution < -0.4 is 5.73 Å². The molecule has 102 valence electrons. The van der Waals surface area contributed by atoms with Gasteiger partial charge in [-0.3, -0.25) is 0 Å². The second-order valence-electron chi connectivity index (χ2n) is 5.00. The molecule has 2 rings (SSSR count). The normalized spacial score (nSPS) is 11.2. The van der Waals surface area contributed by atoms with Gasteiger partial charge in [-0.05, 0) is 47.4 Å². The lowest BCUT2D eigenvalue weighted by molar-refractivity contribution is 0.485. The first-order valence-electron chi connectivity index (χ1n) is 6.39. The van der Waals surface area contributed by atoms with Gasteiger partial charge in [0.25, 0.3) is 0 Å². The number of nitrogens with zero attached hydrogens (tertiary/aromatic N) is 4. The lowest BCUT2D eigenvalue weighted by atomic mass is 10.1. The van der Waals surface area contributed by atoms with Gasteiger partial charge in [-0.2, -0.15) is 0 Å². The summed E-state index contributed by atoms with van der Waals surface area (Å²) in [6, 6.07) is 4.52. The number of rotatable bonds is 5. The lowest BCUT2D eigenvalue weighted by Gasteiger charge is -2.07. The molecular weight excluding hydrogens is 245 g/mol. The Bertz CT molecular complexity index is 550. The molecule has 2 aromatic rings. The molecule has 2 N–H and O–H groups in total. The Morgan fingerprint density at radius 3 is 2.84 bits per heavy atom. The molecule has 0 saturated carbocycles. The van der Waals surface area contributed by atoms with Crippen molar-refractivity contribution < 1.29 is 4.39 Å². The zero-order valence-corrected chi connectivity index (χ0v) is 11.2. The summed E-state index contributed by atoms with van der Waals surface area (Å²) in [6.07, 6.45) is 2.12. The van der Waals surface area contributed by atoms with E-state index >= 15 is 0 Å². The van der Waals surface area contributed by atoms with Crippen LogP contribution in [0.15, 0.2) is 18.2 Å². The first-order chi connectivity index (χ1) is 9.08. The van der Waals surface area contributed by atoms with Crippen LogP contribution in [0.4, 0.5) is 10.1 Å². The van der Waals surface area contributed by atoms with E-state index in [1.165, 1.54) is 6.07 Å². The number of hydrogen-bond acceptors (Lipinski definition) is 4. The maximum Gasteiger partial charge on any atom is 0.182 e. The van der Waals surface area contributed by atoms with Gasteiger partial charge < -0.3 is 5.73 Å². The van der Waals surface area contributed by atoms with Gasteiger partial charge in [0.1, 0.15) is 5.82 Å². The van der Waals surface area contributed by atoms with Crippen molar-refractivity contribution in [3.8, 4) is 11.4 Å². The van der Waals surface area contributed by atoms with E-state index in [0.717, 1.165) is 24.9 Å². The Hall–Kier alpha value is -1.98. The second-order valence-corrected chi connectivity index (χ2v) is 5.00. The summed E-state index contributed by atoms with van der Waals surface area (Å²) in [4.78, 5) is 0. The summed E-state index contributed by atoms with van der Waals surface area (Å²) in [5.41, 5.74) is 6.40. The summed E-state index contributed by atoms with van der Waals surface area (Å²) in [6.45, 7) is 5.11. The molecule has 0 aliphatic carbocycles. The number of nitrogen functional groups attached to an aromatic ring is 1. The van der Waals surface area contributed by atoms with Crippen molar-refractivity contribution >= 4 is 5.69 Å². The Labute approximate surface area is 111 Å². The van der Waals surface area contributed by atoms with Crippen molar-refractivity contribution in [2.24, 2.45) is 5.92 Å². The summed E-state index contributed by atoms with van der Waals surface area (Å²) in [5.74, 6) is 0.847. The molecule has 6 heteroatoms. The standard InChI is InChI=1S/C13H18FN5/c1-9(2)4-3-7-19-13(16-17-18-19)10-5-6-11(14)12(15)8-10/h5-6,8-9H,3-4,7,15H2,1-2H3. The molecule has 0 fully saturated rings. The second kappa shape index (κ2) is 5.77. The summed E-state index contributed by atoms with van der Waals surface area (Å²) < 4.78 is 14.9. The van der Waals surface area contributed by atoms with Gasteiger partial charge in [0, 0.05) is 12.1 Å². The molecule has 1 heterocycles. The van der Waals surface area contributed by atoms with Crippen LogP contribution in [0.1, 0.15) is 26.7 Å². The van der Waals surface area contributed by atoms with Crippen LogP contribution >= 0.6 is 0 Å². The molecule has 0 saturated heterocycles. The highest BCUT2D eigenvalue weighted by Gasteiger charge is 2.10. The number of aryl methyl sites for hydroxylation is 1. The Balaban J connectivity index is 2.16. The molecule has 0 spiro atoms. The maximum atomic E-state index is 13.1. The van der Waals surface area contributed by atoms with Gasteiger partial charge in [0.2, 0.25) is 0 Å². The molecule has 0 aliphatic heterocycles. The molecule has 1 aromatic heterocycles. The quantitative estimate of drug-likeness (QED) is 0.841. The first kappa shape index (κ1) is 13.5. The van der Waals surface area contributed by atoms with Gasteiger partial charge in [0.05, 0.1) is 5.69 Å². The highest BCUT2D eigenvalue weighted by Crippen LogP contribution is 2.21.